The Bertz CT molecular complexity index is 300. The first kappa shape index (κ1) is 9.49. The molecule has 0 saturated heterocycles. The lowest BCUT2D eigenvalue weighted by Crippen LogP contribution is -2.15. The van der Waals surface area contributed by atoms with Crippen LogP contribution in [0.15, 0.2) is 18.3 Å². The van der Waals surface area contributed by atoms with Gasteiger partial charge in [0.1, 0.15) is 11.8 Å². The predicted molar refractivity (Wildman–Crippen MR) is 49.1 cm³/mol. The van der Waals surface area contributed by atoms with Crippen molar-refractivity contribution in [2.75, 3.05) is 11.9 Å². The van der Waals surface area contributed by atoms with E-state index in [1.54, 1.807) is 25.3 Å². The summed E-state index contributed by atoms with van der Waals surface area (Å²) in [5.74, 6) is 0. The summed E-state index contributed by atoms with van der Waals surface area (Å²) in [5, 5.41) is 20.4. The van der Waals surface area contributed by atoms with E-state index in [9.17, 15) is 0 Å². The number of aliphatic hydroxyl groups excluding tert-OH is 1. The van der Waals surface area contributed by atoms with Crippen molar-refractivity contribution in [1.29, 1.82) is 5.26 Å². The molecule has 0 amide bonds. The fourth-order valence-electron chi connectivity index (χ4n) is 0.830. The molecule has 0 aromatic carbocycles. The van der Waals surface area contributed by atoms with E-state index in [-0.39, 0.29) is 0 Å². The van der Waals surface area contributed by atoms with E-state index in [1.165, 1.54) is 0 Å². The summed E-state index contributed by atoms with van der Waals surface area (Å²) in [5.41, 5.74) is 1.20. The zero-order chi connectivity index (χ0) is 9.68. The van der Waals surface area contributed by atoms with Crippen molar-refractivity contribution < 1.29 is 5.11 Å². The van der Waals surface area contributed by atoms with E-state index >= 15 is 0 Å². The zero-order valence-corrected chi connectivity index (χ0v) is 7.36. The van der Waals surface area contributed by atoms with Gasteiger partial charge in [0.05, 0.1) is 18.0 Å². The van der Waals surface area contributed by atoms with Crippen LogP contribution in [0, 0.1) is 11.3 Å². The van der Waals surface area contributed by atoms with Crippen molar-refractivity contribution >= 4 is 5.69 Å². The fraction of sp³-hybridized carbons (Fsp3) is 0.333. The van der Waals surface area contributed by atoms with Crippen LogP contribution in [0.4, 0.5) is 5.69 Å². The number of nitrogens with zero attached hydrogens (tertiary/aromatic N) is 2. The molecule has 13 heavy (non-hydrogen) atoms. The molecule has 0 fully saturated rings. The average molecular weight is 177 g/mol. The Morgan fingerprint density at radius 3 is 2.92 bits per heavy atom. The molecule has 0 saturated carbocycles. The molecule has 0 spiro atoms. The maximum absolute atomic E-state index is 8.98. The van der Waals surface area contributed by atoms with Crippen LogP contribution in [0.1, 0.15) is 12.6 Å². The number of aliphatic hydroxyl groups is 1. The molecule has 1 rings (SSSR count). The number of pyridine rings is 1. The monoisotopic (exact) mass is 177 g/mol. The third-order valence-corrected chi connectivity index (χ3v) is 1.48. The van der Waals surface area contributed by atoms with Gasteiger partial charge in [-0.15, -0.1) is 0 Å². The van der Waals surface area contributed by atoms with E-state index in [0.717, 1.165) is 5.69 Å². The van der Waals surface area contributed by atoms with Crippen molar-refractivity contribution in [3.8, 4) is 6.07 Å². The van der Waals surface area contributed by atoms with Crippen LogP contribution in [-0.2, 0) is 0 Å². The quantitative estimate of drug-likeness (QED) is 0.714. The van der Waals surface area contributed by atoms with Gasteiger partial charge in [-0.05, 0) is 19.1 Å². The highest BCUT2D eigenvalue weighted by Gasteiger charge is 1.96. The first-order valence-electron chi connectivity index (χ1n) is 4.00. The van der Waals surface area contributed by atoms with Gasteiger partial charge in [-0.25, -0.2) is 4.98 Å². The number of hydrogen-bond acceptors (Lipinski definition) is 4. The van der Waals surface area contributed by atoms with Crippen molar-refractivity contribution in [1.82, 2.24) is 4.98 Å². The standard InChI is InChI=1S/C9H11N3O/c1-7(13)5-11-9-3-2-8(4-10)12-6-9/h2-3,6-7,11,13H,5H2,1H3/t7-/m1/s1. The van der Waals surface area contributed by atoms with Gasteiger partial charge in [-0.2, -0.15) is 5.26 Å². The van der Waals surface area contributed by atoms with Crippen molar-refractivity contribution in [3.05, 3.63) is 24.0 Å². The van der Waals surface area contributed by atoms with E-state index in [4.69, 9.17) is 10.4 Å². The van der Waals surface area contributed by atoms with Crippen LogP contribution in [0.2, 0.25) is 0 Å². The number of rotatable bonds is 3. The SMILES string of the molecule is C[C@@H](O)CNc1ccc(C#N)nc1. The normalized spacial score (nSPS) is 11.8. The van der Waals surface area contributed by atoms with Crippen LogP contribution in [-0.4, -0.2) is 22.7 Å². The van der Waals surface area contributed by atoms with Gasteiger partial charge in [0, 0.05) is 6.54 Å². The molecule has 0 aliphatic heterocycles. The van der Waals surface area contributed by atoms with Crippen molar-refractivity contribution in [3.63, 3.8) is 0 Å². The Labute approximate surface area is 76.8 Å². The fourth-order valence-corrected chi connectivity index (χ4v) is 0.830. The summed E-state index contributed by atoms with van der Waals surface area (Å²) in [6.07, 6.45) is 1.18. The van der Waals surface area contributed by atoms with Gasteiger partial charge in [0.2, 0.25) is 0 Å². The molecule has 68 valence electrons. The van der Waals surface area contributed by atoms with Crippen LogP contribution < -0.4 is 5.32 Å². The Morgan fingerprint density at radius 1 is 1.69 bits per heavy atom. The highest BCUT2D eigenvalue weighted by Crippen LogP contribution is 2.04. The maximum Gasteiger partial charge on any atom is 0.140 e. The minimum Gasteiger partial charge on any atom is -0.392 e. The second kappa shape index (κ2) is 4.43. The third-order valence-electron chi connectivity index (χ3n) is 1.48. The minimum atomic E-state index is -0.393. The van der Waals surface area contributed by atoms with E-state index in [1.807, 2.05) is 6.07 Å². The lowest BCUT2D eigenvalue weighted by Gasteiger charge is -2.07. The Balaban J connectivity index is 2.55. The second-order valence-electron chi connectivity index (χ2n) is 2.77. The summed E-state index contributed by atoms with van der Waals surface area (Å²) in [4.78, 5) is 3.87. The number of nitrogens with one attached hydrogen (secondary N) is 1. The molecule has 4 nitrogen and oxygen atoms in total. The molecule has 1 aromatic rings. The highest BCUT2D eigenvalue weighted by atomic mass is 16.3. The van der Waals surface area contributed by atoms with Gasteiger partial charge in [-0.3, -0.25) is 0 Å². The second-order valence-corrected chi connectivity index (χ2v) is 2.77. The molecule has 0 radical (unpaired) electrons. The smallest absolute Gasteiger partial charge is 0.140 e. The largest absolute Gasteiger partial charge is 0.392 e. The molecular formula is C9H11N3O. The first-order chi connectivity index (χ1) is 6.22. The van der Waals surface area contributed by atoms with E-state index in [0.29, 0.717) is 12.2 Å². The third kappa shape index (κ3) is 3.09. The summed E-state index contributed by atoms with van der Waals surface area (Å²) in [6.45, 7) is 2.18. The topological polar surface area (TPSA) is 68.9 Å². The molecular weight excluding hydrogens is 166 g/mol. The number of aromatic nitrogens is 1. The zero-order valence-electron chi connectivity index (χ0n) is 7.36. The van der Waals surface area contributed by atoms with Crippen molar-refractivity contribution in [2.24, 2.45) is 0 Å². The van der Waals surface area contributed by atoms with Gasteiger partial charge >= 0.3 is 0 Å². The molecule has 0 bridgehead atoms. The number of nitriles is 1. The Kier molecular flexibility index (Phi) is 3.23. The molecule has 1 heterocycles. The predicted octanol–water partition coefficient (Wildman–Crippen LogP) is 0.746. The van der Waals surface area contributed by atoms with Crippen LogP contribution in [0.5, 0.6) is 0 Å². The van der Waals surface area contributed by atoms with Crippen molar-refractivity contribution in [2.45, 2.75) is 13.0 Å². The average Bonchev–Trinajstić information content (AvgIpc) is 2.15. The van der Waals surface area contributed by atoms with Gasteiger partial charge in [-0.1, -0.05) is 0 Å². The minimum absolute atomic E-state index is 0.391. The highest BCUT2D eigenvalue weighted by molar-refractivity contribution is 5.42. The number of hydrogen-bond donors (Lipinski definition) is 2. The van der Waals surface area contributed by atoms with Crippen LogP contribution in [0.25, 0.3) is 0 Å². The molecule has 0 unspecified atom stereocenters. The Morgan fingerprint density at radius 2 is 2.46 bits per heavy atom. The molecule has 0 aliphatic rings. The van der Waals surface area contributed by atoms with Gasteiger partial charge < -0.3 is 10.4 Å². The Hall–Kier alpha value is -1.60. The lowest BCUT2D eigenvalue weighted by atomic mass is 10.3. The summed E-state index contributed by atoms with van der Waals surface area (Å²) >= 11 is 0. The molecule has 1 aromatic heterocycles. The molecule has 4 heteroatoms. The first-order valence-corrected chi connectivity index (χ1v) is 4.00. The summed E-state index contributed by atoms with van der Waals surface area (Å²) < 4.78 is 0. The summed E-state index contributed by atoms with van der Waals surface area (Å²) in [7, 11) is 0. The molecule has 0 aliphatic carbocycles. The van der Waals surface area contributed by atoms with Gasteiger partial charge in [0.15, 0.2) is 0 Å². The molecule has 2 N–H and O–H groups in total. The van der Waals surface area contributed by atoms with Gasteiger partial charge in [0.25, 0.3) is 0 Å². The number of anilines is 1. The van der Waals surface area contributed by atoms with E-state index in [2.05, 4.69) is 10.3 Å². The van der Waals surface area contributed by atoms with Crippen LogP contribution in [0.3, 0.4) is 0 Å². The lowest BCUT2D eigenvalue weighted by molar-refractivity contribution is 0.208. The van der Waals surface area contributed by atoms with Crippen LogP contribution >= 0.6 is 0 Å². The van der Waals surface area contributed by atoms with E-state index < -0.39 is 6.10 Å². The summed E-state index contributed by atoms with van der Waals surface area (Å²) in [6, 6.07) is 5.32. The molecule has 1 atom stereocenters. The maximum atomic E-state index is 8.98.